The number of hydrogen-bond acceptors (Lipinski definition) is 5. The maximum absolute atomic E-state index is 11.4. The summed E-state index contributed by atoms with van der Waals surface area (Å²) in [6.45, 7) is 3.24. The summed E-state index contributed by atoms with van der Waals surface area (Å²) in [5.74, 6) is 1.22. The van der Waals surface area contributed by atoms with E-state index in [1.54, 1.807) is 24.3 Å². The van der Waals surface area contributed by atoms with Crippen LogP contribution in [0.5, 0.6) is 5.75 Å². The second kappa shape index (κ2) is 8.04. The molecule has 0 N–H and O–H groups in total. The Morgan fingerprint density at radius 3 is 2.61 bits per heavy atom. The van der Waals surface area contributed by atoms with Crippen LogP contribution < -0.4 is 4.74 Å². The highest BCUT2D eigenvalue weighted by Crippen LogP contribution is 2.22. The molecule has 1 unspecified atom stereocenters. The highest BCUT2D eigenvalue weighted by Gasteiger charge is 2.18. The fourth-order valence-electron chi connectivity index (χ4n) is 2.04. The molecule has 1 heterocycles. The number of carbonyl (C=O) groups is 1. The SMILES string of the molecule is COC(=O)c1ccc(C(C)N(C)CCOc2ccc(Cl)cc2)o1. The van der Waals surface area contributed by atoms with E-state index in [1.165, 1.54) is 7.11 Å². The average molecular weight is 338 g/mol. The number of carbonyl (C=O) groups excluding carboxylic acids is 1. The van der Waals surface area contributed by atoms with Crippen molar-refractivity contribution in [3.8, 4) is 5.75 Å². The Kier molecular flexibility index (Phi) is 6.07. The highest BCUT2D eigenvalue weighted by atomic mass is 35.5. The number of benzene rings is 1. The number of rotatable bonds is 7. The van der Waals surface area contributed by atoms with Crippen molar-refractivity contribution in [1.29, 1.82) is 0 Å². The molecule has 0 aliphatic carbocycles. The lowest BCUT2D eigenvalue weighted by molar-refractivity contribution is 0.0559. The Morgan fingerprint density at radius 2 is 1.96 bits per heavy atom. The second-order valence-electron chi connectivity index (χ2n) is 5.15. The van der Waals surface area contributed by atoms with E-state index >= 15 is 0 Å². The van der Waals surface area contributed by atoms with Gasteiger partial charge in [0.2, 0.25) is 5.76 Å². The van der Waals surface area contributed by atoms with Gasteiger partial charge in [-0.15, -0.1) is 0 Å². The number of halogens is 1. The smallest absolute Gasteiger partial charge is 0.373 e. The van der Waals surface area contributed by atoms with Crippen molar-refractivity contribution in [3.05, 3.63) is 52.9 Å². The van der Waals surface area contributed by atoms with Crippen LogP contribution in [0, 0.1) is 0 Å². The first-order chi connectivity index (χ1) is 11.0. The fraction of sp³-hybridized carbons (Fsp3) is 0.353. The summed E-state index contributed by atoms with van der Waals surface area (Å²) in [5, 5.41) is 0.683. The van der Waals surface area contributed by atoms with Gasteiger partial charge in [0.15, 0.2) is 0 Å². The monoisotopic (exact) mass is 337 g/mol. The summed E-state index contributed by atoms with van der Waals surface area (Å²) in [4.78, 5) is 13.5. The third kappa shape index (κ3) is 4.74. The molecule has 23 heavy (non-hydrogen) atoms. The van der Waals surface area contributed by atoms with Gasteiger partial charge < -0.3 is 13.9 Å². The summed E-state index contributed by atoms with van der Waals surface area (Å²) in [7, 11) is 3.30. The number of esters is 1. The third-order valence-corrected chi connectivity index (χ3v) is 3.86. The number of hydrogen-bond donors (Lipinski definition) is 0. The van der Waals surface area contributed by atoms with Crippen LogP contribution in [-0.2, 0) is 4.74 Å². The van der Waals surface area contributed by atoms with Crippen LogP contribution in [0.15, 0.2) is 40.8 Å². The van der Waals surface area contributed by atoms with E-state index in [1.807, 2.05) is 26.1 Å². The number of methoxy groups -OCH3 is 1. The van der Waals surface area contributed by atoms with Gasteiger partial charge in [-0.3, -0.25) is 4.90 Å². The second-order valence-corrected chi connectivity index (χ2v) is 5.59. The highest BCUT2D eigenvalue weighted by molar-refractivity contribution is 6.30. The van der Waals surface area contributed by atoms with Gasteiger partial charge >= 0.3 is 5.97 Å². The summed E-state index contributed by atoms with van der Waals surface area (Å²) in [5.41, 5.74) is 0. The topological polar surface area (TPSA) is 51.9 Å². The molecule has 0 aliphatic heterocycles. The average Bonchev–Trinajstić information content (AvgIpc) is 3.05. The van der Waals surface area contributed by atoms with Crippen LogP contribution in [-0.4, -0.2) is 38.2 Å². The summed E-state index contributed by atoms with van der Waals surface area (Å²) >= 11 is 5.83. The minimum atomic E-state index is -0.475. The first kappa shape index (κ1) is 17.4. The van der Waals surface area contributed by atoms with Gasteiger partial charge in [0, 0.05) is 11.6 Å². The molecule has 1 aromatic carbocycles. The van der Waals surface area contributed by atoms with Crippen LogP contribution in [0.1, 0.15) is 29.3 Å². The van der Waals surface area contributed by atoms with Crippen molar-refractivity contribution >= 4 is 17.6 Å². The zero-order valence-electron chi connectivity index (χ0n) is 13.4. The molecular weight excluding hydrogens is 318 g/mol. The van der Waals surface area contributed by atoms with Crippen molar-refractivity contribution in [2.45, 2.75) is 13.0 Å². The Hall–Kier alpha value is -1.98. The van der Waals surface area contributed by atoms with Gasteiger partial charge in [-0.2, -0.15) is 0 Å². The van der Waals surface area contributed by atoms with Gasteiger partial charge in [0.25, 0.3) is 0 Å². The minimum Gasteiger partial charge on any atom is -0.492 e. The van der Waals surface area contributed by atoms with Gasteiger partial charge in [0.05, 0.1) is 13.2 Å². The van der Waals surface area contributed by atoms with Crippen molar-refractivity contribution in [2.75, 3.05) is 27.3 Å². The molecule has 6 heteroatoms. The molecular formula is C17H20ClNO4. The molecule has 124 valence electrons. The molecule has 0 aliphatic rings. The molecule has 0 amide bonds. The molecule has 1 aromatic heterocycles. The number of likely N-dealkylation sites (N-methyl/N-ethyl adjacent to an activating group) is 1. The van der Waals surface area contributed by atoms with E-state index in [2.05, 4.69) is 9.64 Å². The standard InChI is InChI=1S/C17H20ClNO4/c1-12(15-8-9-16(23-15)17(20)21-3)19(2)10-11-22-14-6-4-13(18)5-7-14/h4-9,12H,10-11H2,1-3H3. The molecule has 1 atom stereocenters. The molecule has 0 spiro atoms. The summed E-state index contributed by atoms with van der Waals surface area (Å²) in [6.07, 6.45) is 0. The van der Waals surface area contributed by atoms with Crippen LogP contribution in [0.3, 0.4) is 0 Å². The van der Waals surface area contributed by atoms with Gasteiger partial charge in [-0.1, -0.05) is 11.6 Å². The summed E-state index contributed by atoms with van der Waals surface area (Å²) < 4.78 is 15.8. The van der Waals surface area contributed by atoms with E-state index in [-0.39, 0.29) is 11.8 Å². The summed E-state index contributed by atoms with van der Waals surface area (Å²) in [6, 6.07) is 10.7. The number of ether oxygens (including phenoxy) is 2. The van der Waals surface area contributed by atoms with Crippen molar-refractivity contribution in [1.82, 2.24) is 4.90 Å². The third-order valence-electron chi connectivity index (χ3n) is 3.61. The van der Waals surface area contributed by atoms with Gasteiger partial charge in [-0.05, 0) is 50.4 Å². The Labute approximate surface area is 140 Å². The van der Waals surface area contributed by atoms with E-state index in [4.69, 9.17) is 20.8 Å². The van der Waals surface area contributed by atoms with E-state index in [9.17, 15) is 4.79 Å². The predicted octanol–water partition coefficient (Wildman–Crippen LogP) is 3.79. The minimum absolute atomic E-state index is 0.0159. The largest absolute Gasteiger partial charge is 0.492 e. The normalized spacial score (nSPS) is 12.2. The van der Waals surface area contributed by atoms with Crippen LogP contribution in [0.25, 0.3) is 0 Å². The van der Waals surface area contributed by atoms with E-state index in [0.717, 1.165) is 5.75 Å². The Morgan fingerprint density at radius 1 is 1.26 bits per heavy atom. The van der Waals surface area contributed by atoms with E-state index in [0.29, 0.717) is 23.9 Å². The van der Waals surface area contributed by atoms with Crippen LogP contribution in [0.2, 0.25) is 5.02 Å². The van der Waals surface area contributed by atoms with Crippen molar-refractivity contribution < 1.29 is 18.7 Å². The number of furan rings is 1. The van der Waals surface area contributed by atoms with Crippen molar-refractivity contribution in [2.24, 2.45) is 0 Å². The maximum Gasteiger partial charge on any atom is 0.373 e. The lowest BCUT2D eigenvalue weighted by Gasteiger charge is -2.22. The van der Waals surface area contributed by atoms with Crippen molar-refractivity contribution in [3.63, 3.8) is 0 Å². The first-order valence-electron chi connectivity index (χ1n) is 7.28. The molecule has 0 fully saturated rings. The zero-order chi connectivity index (χ0) is 16.8. The molecule has 0 saturated carbocycles. The van der Waals surface area contributed by atoms with Crippen LogP contribution in [0.4, 0.5) is 0 Å². The maximum atomic E-state index is 11.4. The molecule has 0 radical (unpaired) electrons. The molecule has 5 nitrogen and oxygen atoms in total. The number of nitrogens with zero attached hydrogens (tertiary/aromatic N) is 1. The quantitative estimate of drug-likeness (QED) is 0.719. The lowest BCUT2D eigenvalue weighted by atomic mass is 10.2. The zero-order valence-corrected chi connectivity index (χ0v) is 14.2. The Balaban J connectivity index is 1.84. The van der Waals surface area contributed by atoms with Crippen LogP contribution >= 0.6 is 11.6 Å². The lowest BCUT2D eigenvalue weighted by Crippen LogP contribution is -2.27. The Bertz CT molecular complexity index is 638. The van der Waals surface area contributed by atoms with Gasteiger partial charge in [0.1, 0.15) is 18.1 Å². The van der Waals surface area contributed by atoms with E-state index < -0.39 is 5.97 Å². The molecule has 2 aromatic rings. The molecule has 0 saturated heterocycles. The first-order valence-corrected chi connectivity index (χ1v) is 7.65. The predicted molar refractivity (Wildman–Crippen MR) is 88.0 cm³/mol. The molecule has 2 rings (SSSR count). The fourth-order valence-corrected chi connectivity index (χ4v) is 2.16. The van der Waals surface area contributed by atoms with Gasteiger partial charge in [-0.25, -0.2) is 4.79 Å². The molecule has 0 bridgehead atoms.